The van der Waals surface area contributed by atoms with Crippen molar-refractivity contribution in [2.24, 2.45) is 0 Å². The van der Waals surface area contributed by atoms with E-state index in [1.165, 1.54) is 5.69 Å². The molecule has 1 aromatic carbocycles. The number of carbonyl (C=O) groups is 1. The molecule has 0 heterocycles. The lowest BCUT2D eigenvalue weighted by molar-refractivity contribution is 0.112. The van der Waals surface area contributed by atoms with Gasteiger partial charge in [0.25, 0.3) is 0 Å². The van der Waals surface area contributed by atoms with Gasteiger partial charge in [0, 0.05) is 24.3 Å². The number of aldehydes is 1. The molecule has 0 bridgehead atoms. The van der Waals surface area contributed by atoms with Gasteiger partial charge < -0.3 is 4.90 Å². The molecule has 0 unspecified atom stereocenters. The fraction of sp³-hybridized carbons (Fsp3) is 0.462. The van der Waals surface area contributed by atoms with Crippen molar-refractivity contribution < 1.29 is 4.79 Å². The molecule has 1 rings (SSSR count). The summed E-state index contributed by atoms with van der Waals surface area (Å²) in [4.78, 5) is 12.9. The number of anilines is 1. The zero-order valence-corrected chi connectivity index (χ0v) is 9.57. The number of carbonyl (C=O) groups excluding carboxylic acids is 1. The minimum Gasteiger partial charge on any atom is -0.372 e. The molecule has 82 valence electrons. The Morgan fingerprint density at radius 3 is 2.00 bits per heavy atom. The highest BCUT2D eigenvalue weighted by molar-refractivity contribution is 5.75. The Balaban J connectivity index is 2.76. The van der Waals surface area contributed by atoms with Crippen LogP contribution in [0.1, 0.15) is 37.0 Å². The van der Waals surface area contributed by atoms with E-state index in [0.717, 1.165) is 37.8 Å². The predicted molar refractivity (Wildman–Crippen MR) is 64.6 cm³/mol. The van der Waals surface area contributed by atoms with Crippen molar-refractivity contribution in [2.45, 2.75) is 26.7 Å². The quantitative estimate of drug-likeness (QED) is 0.665. The standard InChI is InChI=1S/C13H19NO/c1-3-9-14(10-4-2)13-7-5-12(11-15)6-8-13/h5-8,11H,3-4,9-10H2,1-2H3. The van der Waals surface area contributed by atoms with Crippen molar-refractivity contribution in [1.82, 2.24) is 0 Å². The Labute approximate surface area is 91.9 Å². The number of hydrogen-bond donors (Lipinski definition) is 0. The molecule has 0 N–H and O–H groups in total. The van der Waals surface area contributed by atoms with Crippen LogP contribution in [0.3, 0.4) is 0 Å². The molecule has 0 aliphatic carbocycles. The molecule has 0 aliphatic rings. The van der Waals surface area contributed by atoms with Gasteiger partial charge >= 0.3 is 0 Å². The van der Waals surface area contributed by atoms with E-state index in [1.807, 2.05) is 24.3 Å². The van der Waals surface area contributed by atoms with Crippen LogP contribution >= 0.6 is 0 Å². The second-order valence-electron chi connectivity index (χ2n) is 3.70. The summed E-state index contributed by atoms with van der Waals surface area (Å²) in [6, 6.07) is 7.80. The maximum atomic E-state index is 10.5. The average Bonchev–Trinajstić information content (AvgIpc) is 2.29. The normalized spacial score (nSPS) is 10.0. The molecule has 0 atom stereocenters. The summed E-state index contributed by atoms with van der Waals surface area (Å²) in [5.41, 5.74) is 1.95. The van der Waals surface area contributed by atoms with Crippen molar-refractivity contribution in [3.63, 3.8) is 0 Å². The van der Waals surface area contributed by atoms with Gasteiger partial charge in [-0.2, -0.15) is 0 Å². The number of nitrogens with zero attached hydrogens (tertiary/aromatic N) is 1. The number of hydrogen-bond acceptors (Lipinski definition) is 2. The van der Waals surface area contributed by atoms with Crippen molar-refractivity contribution in [2.75, 3.05) is 18.0 Å². The van der Waals surface area contributed by atoms with Crippen LogP contribution in [0.25, 0.3) is 0 Å². The fourth-order valence-corrected chi connectivity index (χ4v) is 1.67. The number of rotatable bonds is 6. The molecule has 15 heavy (non-hydrogen) atoms. The second-order valence-corrected chi connectivity index (χ2v) is 3.70. The summed E-state index contributed by atoms with van der Waals surface area (Å²) in [5, 5.41) is 0. The topological polar surface area (TPSA) is 20.3 Å². The van der Waals surface area contributed by atoms with E-state index in [0.29, 0.717) is 0 Å². The van der Waals surface area contributed by atoms with Crippen LogP contribution in [-0.2, 0) is 0 Å². The van der Waals surface area contributed by atoms with Crippen LogP contribution < -0.4 is 4.90 Å². The summed E-state index contributed by atoms with van der Waals surface area (Å²) in [6.45, 7) is 6.52. The first kappa shape index (κ1) is 11.8. The Kier molecular flexibility index (Phi) is 4.88. The SMILES string of the molecule is CCCN(CCC)c1ccc(C=O)cc1. The Bertz CT molecular complexity index is 286. The van der Waals surface area contributed by atoms with Crippen LogP contribution in [-0.4, -0.2) is 19.4 Å². The third-order valence-electron chi connectivity index (χ3n) is 2.38. The highest BCUT2D eigenvalue weighted by Crippen LogP contribution is 2.15. The van der Waals surface area contributed by atoms with Crippen LogP contribution in [0.15, 0.2) is 24.3 Å². The van der Waals surface area contributed by atoms with E-state index in [-0.39, 0.29) is 0 Å². The van der Waals surface area contributed by atoms with Gasteiger partial charge in [-0.25, -0.2) is 0 Å². The molecule has 1 aromatic rings. The summed E-state index contributed by atoms with van der Waals surface area (Å²) < 4.78 is 0. The summed E-state index contributed by atoms with van der Waals surface area (Å²) >= 11 is 0. The maximum Gasteiger partial charge on any atom is 0.150 e. The smallest absolute Gasteiger partial charge is 0.150 e. The van der Waals surface area contributed by atoms with Gasteiger partial charge in [0.05, 0.1) is 0 Å². The zero-order valence-electron chi connectivity index (χ0n) is 9.57. The molecule has 0 fully saturated rings. The van der Waals surface area contributed by atoms with Crippen molar-refractivity contribution in [1.29, 1.82) is 0 Å². The summed E-state index contributed by atoms with van der Waals surface area (Å²) in [7, 11) is 0. The molecule has 0 aliphatic heterocycles. The first-order chi connectivity index (χ1) is 7.31. The zero-order chi connectivity index (χ0) is 11.1. The van der Waals surface area contributed by atoms with Gasteiger partial charge in [0.1, 0.15) is 6.29 Å². The largest absolute Gasteiger partial charge is 0.372 e. The first-order valence-electron chi connectivity index (χ1n) is 5.62. The molecule has 0 aromatic heterocycles. The third-order valence-corrected chi connectivity index (χ3v) is 2.38. The summed E-state index contributed by atoms with van der Waals surface area (Å²) in [6.07, 6.45) is 3.18. The molecule has 2 heteroatoms. The monoisotopic (exact) mass is 205 g/mol. The maximum absolute atomic E-state index is 10.5. The Morgan fingerprint density at radius 2 is 1.60 bits per heavy atom. The molecule has 2 nitrogen and oxygen atoms in total. The first-order valence-corrected chi connectivity index (χ1v) is 5.62. The van der Waals surface area contributed by atoms with E-state index in [1.54, 1.807) is 0 Å². The van der Waals surface area contributed by atoms with E-state index in [4.69, 9.17) is 0 Å². The van der Waals surface area contributed by atoms with Gasteiger partial charge in [-0.15, -0.1) is 0 Å². The van der Waals surface area contributed by atoms with Gasteiger partial charge in [-0.3, -0.25) is 4.79 Å². The molecule has 0 radical (unpaired) electrons. The lowest BCUT2D eigenvalue weighted by Gasteiger charge is -2.23. The van der Waals surface area contributed by atoms with Crippen molar-refractivity contribution in [3.05, 3.63) is 29.8 Å². The Morgan fingerprint density at radius 1 is 1.07 bits per heavy atom. The van der Waals surface area contributed by atoms with Crippen molar-refractivity contribution >= 4 is 12.0 Å². The average molecular weight is 205 g/mol. The van der Waals surface area contributed by atoms with Gasteiger partial charge in [0.2, 0.25) is 0 Å². The van der Waals surface area contributed by atoms with Gasteiger partial charge in [-0.05, 0) is 37.1 Å². The van der Waals surface area contributed by atoms with E-state index in [2.05, 4.69) is 18.7 Å². The van der Waals surface area contributed by atoms with E-state index >= 15 is 0 Å². The highest BCUT2D eigenvalue weighted by Gasteiger charge is 2.03. The predicted octanol–water partition coefficient (Wildman–Crippen LogP) is 3.13. The van der Waals surface area contributed by atoms with Crippen LogP contribution in [0.4, 0.5) is 5.69 Å². The van der Waals surface area contributed by atoms with Crippen LogP contribution in [0.5, 0.6) is 0 Å². The number of benzene rings is 1. The molecule has 0 spiro atoms. The minimum atomic E-state index is 0.742. The second kappa shape index (κ2) is 6.23. The molecule has 0 saturated carbocycles. The van der Waals surface area contributed by atoms with Crippen molar-refractivity contribution in [3.8, 4) is 0 Å². The van der Waals surface area contributed by atoms with E-state index < -0.39 is 0 Å². The van der Waals surface area contributed by atoms with Crippen LogP contribution in [0.2, 0.25) is 0 Å². The molecular weight excluding hydrogens is 186 g/mol. The van der Waals surface area contributed by atoms with Gasteiger partial charge in [-0.1, -0.05) is 13.8 Å². The van der Waals surface area contributed by atoms with Gasteiger partial charge in [0.15, 0.2) is 0 Å². The highest BCUT2D eigenvalue weighted by atomic mass is 16.1. The fourth-order valence-electron chi connectivity index (χ4n) is 1.67. The van der Waals surface area contributed by atoms with Crippen LogP contribution in [0, 0.1) is 0 Å². The molecular formula is C13H19NO. The van der Waals surface area contributed by atoms with E-state index in [9.17, 15) is 4.79 Å². The third kappa shape index (κ3) is 3.39. The Hall–Kier alpha value is -1.31. The lowest BCUT2D eigenvalue weighted by atomic mass is 10.2. The molecule has 0 saturated heterocycles. The molecule has 0 amide bonds. The summed E-state index contributed by atoms with van der Waals surface area (Å²) in [5.74, 6) is 0. The lowest BCUT2D eigenvalue weighted by Crippen LogP contribution is -2.24. The minimum absolute atomic E-state index is 0.742.